The molecule has 0 fully saturated rings. The SMILES string of the molecule is COC(=O)C1=C(C(=O)OC)N(c2c([N+](=O)[O-])ccc(C)c2[N+](=O)[O-])COC1. The van der Waals surface area contributed by atoms with Gasteiger partial charge in [0.1, 0.15) is 12.4 Å². The first kappa shape index (κ1) is 19.8. The van der Waals surface area contributed by atoms with Crippen LogP contribution in [0, 0.1) is 27.2 Å². The Labute approximate surface area is 152 Å². The van der Waals surface area contributed by atoms with Gasteiger partial charge in [-0.15, -0.1) is 0 Å². The summed E-state index contributed by atoms with van der Waals surface area (Å²) >= 11 is 0. The quantitative estimate of drug-likeness (QED) is 0.413. The Morgan fingerprint density at radius 2 is 1.74 bits per heavy atom. The van der Waals surface area contributed by atoms with Crippen molar-refractivity contribution in [2.45, 2.75) is 6.92 Å². The van der Waals surface area contributed by atoms with E-state index in [9.17, 15) is 29.8 Å². The van der Waals surface area contributed by atoms with Crippen molar-refractivity contribution in [1.29, 1.82) is 0 Å². The number of methoxy groups -OCH3 is 2. The molecule has 0 aromatic heterocycles. The number of nitro benzene ring substituents is 2. The Morgan fingerprint density at radius 1 is 1.11 bits per heavy atom. The number of benzene rings is 1. The highest BCUT2D eigenvalue weighted by molar-refractivity contribution is 6.04. The molecule has 1 aliphatic rings. The number of nitro groups is 2. The molecule has 1 aliphatic heterocycles. The molecular formula is C15H15N3O9. The number of nitrogens with zero attached hydrogens (tertiary/aromatic N) is 3. The minimum Gasteiger partial charge on any atom is -0.466 e. The fourth-order valence-corrected chi connectivity index (χ4v) is 2.63. The molecule has 144 valence electrons. The number of hydrogen-bond donors (Lipinski definition) is 0. The maximum Gasteiger partial charge on any atom is 0.355 e. The zero-order valence-electron chi connectivity index (χ0n) is 14.6. The van der Waals surface area contributed by atoms with E-state index in [1.54, 1.807) is 0 Å². The summed E-state index contributed by atoms with van der Waals surface area (Å²) in [5.41, 5.74) is -2.31. The molecule has 0 atom stereocenters. The molecule has 12 nitrogen and oxygen atoms in total. The smallest absolute Gasteiger partial charge is 0.355 e. The number of rotatable bonds is 5. The lowest BCUT2D eigenvalue weighted by Gasteiger charge is -2.30. The van der Waals surface area contributed by atoms with Crippen LogP contribution in [0.5, 0.6) is 0 Å². The van der Waals surface area contributed by atoms with Crippen LogP contribution in [-0.2, 0) is 23.8 Å². The van der Waals surface area contributed by atoms with E-state index in [1.807, 2.05) is 0 Å². The maximum absolute atomic E-state index is 12.3. The number of esters is 2. The van der Waals surface area contributed by atoms with Crippen LogP contribution in [0.2, 0.25) is 0 Å². The molecular weight excluding hydrogens is 366 g/mol. The Balaban J connectivity index is 2.87. The van der Waals surface area contributed by atoms with E-state index < -0.39 is 51.3 Å². The molecule has 1 aromatic carbocycles. The average Bonchev–Trinajstić information content (AvgIpc) is 2.65. The standard InChI is InChI=1S/C15H15N3O9/c1-8-4-5-10(17(21)22)13(11(8)18(23)24)16-7-27-6-9(14(19)25-2)12(16)15(20)26-3/h4-5H,6-7H2,1-3H3. The summed E-state index contributed by atoms with van der Waals surface area (Å²) in [6, 6.07) is 2.28. The van der Waals surface area contributed by atoms with Crippen LogP contribution in [-0.4, -0.2) is 49.3 Å². The van der Waals surface area contributed by atoms with Gasteiger partial charge in [-0.05, 0) is 13.0 Å². The van der Waals surface area contributed by atoms with Gasteiger partial charge in [-0.1, -0.05) is 0 Å². The summed E-state index contributed by atoms with van der Waals surface area (Å²) in [5.74, 6) is -1.96. The fourth-order valence-electron chi connectivity index (χ4n) is 2.63. The highest BCUT2D eigenvalue weighted by atomic mass is 16.6. The largest absolute Gasteiger partial charge is 0.466 e. The normalized spacial score (nSPS) is 14.0. The monoisotopic (exact) mass is 381 g/mol. The first-order valence-corrected chi connectivity index (χ1v) is 7.42. The van der Waals surface area contributed by atoms with Gasteiger partial charge in [0.25, 0.3) is 5.69 Å². The predicted octanol–water partition coefficient (Wildman–Crippen LogP) is 1.21. The third kappa shape index (κ3) is 3.55. The molecule has 0 radical (unpaired) electrons. The molecule has 1 heterocycles. The fraction of sp³-hybridized carbons (Fsp3) is 0.333. The topological polar surface area (TPSA) is 151 Å². The first-order chi connectivity index (χ1) is 12.7. The first-order valence-electron chi connectivity index (χ1n) is 7.42. The van der Waals surface area contributed by atoms with E-state index in [0.717, 1.165) is 25.2 Å². The van der Waals surface area contributed by atoms with Gasteiger partial charge in [0.2, 0.25) is 5.69 Å². The molecule has 0 spiro atoms. The number of hydrogen-bond acceptors (Lipinski definition) is 10. The van der Waals surface area contributed by atoms with Crippen LogP contribution >= 0.6 is 0 Å². The lowest BCUT2D eigenvalue weighted by atomic mass is 10.1. The summed E-state index contributed by atoms with van der Waals surface area (Å²) in [7, 11) is 2.11. The van der Waals surface area contributed by atoms with Crippen molar-refractivity contribution in [3.8, 4) is 0 Å². The maximum atomic E-state index is 12.3. The Bertz CT molecular complexity index is 862. The number of carbonyl (C=O) groups is 2. The Hall–Kier alpha value is -3.54. The molecule has 0 aliphatic carbocycles. The van der Waals surface area contributed by atoms with Gasteiger partial charge in [0.05, 0.1) is 36.2 Å². The van der Waals surface area contributed by atoms with E-state index in [0.29, 0.717) is 0 Å². The summed E-state index contributed by atoms with van der Waals surface area (Å²) in [6.07, 6.45) is 0. The number of anilines is 1. The van der Waals surface area contributed by atoms with Crippen molar-refractivity contribution in [3.05, 3.63) is 49.2 Å². The van der Waals surface area contributed by atoms with Crippen LogP contribution in [0.1, 0.15) is 5.56 Å². The van der Waals surface area contributed by atoms with Crippen LogP contribution in [0.4, 0.5) is 17.1 Å². The number of carbonyl (C=O) groups excluding carboxylic acids is 2. The molecule has 27 heavy (non-hydrogen) atoms. The van der Waals surface area contributed by atoms with Crippen molar-refractivity contribution in [1.82, 2.24) is 0 Å². The van der Waals surface area contributed by atoms with Crippen LogP contribution in [0.3, 0.4) is 0 Å². The van der Waals surface area contributed by atoms with Gasteiger partial charge in [-0.25, -0.2) is 9.59 Å². The highest BCUT2D eigenvalue weighted by Gasteiger charge is 2.40. The van der Waals surface area contributed by atoms with Crippen molar-refractivity contribution in [2.24, 2.45) is 0 Å². The predicted molar refractivity (Wildman–Crippen MR) is 88.8 cm³/mol. The van der Waals surface area contributed by atoms with Gasteiger partial charge >= 0.3 is 17.6 Å². The van der Waals surface area contributed by atoms with Crippen LogP contribution in [0.25, 0.3) is 0 Å². The lowest BCUT2D eigenvalue weighted by molar-refractivity contribution is -0.393. The molecule has 0 unspecified atom stereocenters. The summed E-state index contributed by atoms with van der Waals surface area (Å²) in [6.45, 7) is 0.607. The van der Waals surface area contributed by atoms with Crippen LogP contribution in [0.15, 0.2) is 23.4 Å². The third-order valence-electron chi connectivity index (χ3n) is 3.81. The summed E-state index contributed by atoms with van der Waals surface area (Å²) in [4.78, 5) is 46.6. The molecule has 0 saturated carbocycles. The van der Waals surface area contributed by atoms with Gasteiger partial charge in [0.15, 0.2) is 0 Å². The highest BCUT2D eigenvalue weighted by Crippen LogP contribution is 2.42. The Kier molecular flexibility index (Phi) is 5.70. The molecule has 0 saturated heterocycles. The summed E-state index contributed by atoms with van der Waals surface area (Å²) in [5, 5.41) is 23.0. The van der Waals surface area contributed by atoms with E-state index >= 15 is 0 Å². The van der Waals surface area contributed by atoms with E-state index in [2.05, 4.69) is 9.47 Å². The van der Waals surface area contributed by atoms with Gasteiger partial charge in [-0.3, -0.25) is 25.1 Å². The zero-order valence-corrected chi connectivity index (χ0v) is 14.6. The third-order valence-corrected chi connectivity index (χ3v) is 3.81. The second-order valence-corrected chi connectivity index (χ2v) is 5.33. The van der Waals surface area contributed by atoms with Crippen molar-refractivity contribution < 1.29 is 33.6 Å². The van der Waals surface area contributed by atoms with E-state index in [4.69, 9.17) is 4.74 Å². The molecule has 0 amide bonds. The number of aryl methyl sites for hydroxylation is 1. The van der Waals surface area contributed by atoms with E-state index in [1.165, 1.54) is 13.0 Å². The minimum absolute atomic E-state index is 0.120. The van der Waals surface area contributed by atoms with Crippen LogP contribution < -0.4 is 4.90 Å². The van der Waals surface area contributed by atoms with E-state index in [-0.39, 0.29) is 17.7 Å². The van der Waals surface area contributed by atoms with Gasteiger partial charge in [-0.2, -0.15) is 0 Å². The molecule has 0 N–H and O–H groups in total. The minimum atomic E-state index is -1.02. The molecule has 1 aromatic rings. The van der Waals surface area contributed by atoms with Crippen molar-refractivity contribution in [2.75, 3.05) is 32.5 Å². The second-order valence-electron chi connectivity index (χ2n) is 5.33. The molecule has 0 bridgehead atoms. The molecule has 12 heteroatoms. The van der Waals surface area contributed by atoms with Gasteiger partial charge in [0, 0.05) is 11.6 Å². The zero-order chi connectivity index (χ0) is 20.3. The average molecular weight is 381 g/mol. The van der Waals surface area contributed by atoms with Crippen molar-refractivity contribution in [3.63, 3.8) is 0 Å². The van der Waals surface area contributed by atoms with Crippen molar-refractivity contribution >= 4 is 29.0 Å². The lowest BCUT2D eigenvalue weighted by Crippen LogP contribution is -2.39. The molecule has 2 rings (SSSR count). The number of ether oxygens (including phenoxy) is 3. The summed E-state index contributed by atoms with van der Waals surface area (Å²) < 4.78 is 14.5. The second kappa shape index (κ2) is 7.78. The van der Waals surface area contributed by atoms with Gasteiger partial charge < -0.3 is 14.2 Å². The Morgan fingerprint density at radius 3 is 2.26 bits per heavy atom.